The molecule has 7 heteroatoms. The van der Waals surface area contributed by atoms with Gasteiger partial charge in [0, 0.05) is 32.8 Å². The van der Waals surface area contributed by atoms with Gasteiger partial charge in [-0.25, -0.2) is 0 Å². The summed E-state index contributed by atoms with van der Waals surface area (Å²) in [4.78, 5) is 19.6. The molecule has 1 saturated heterocycles. The molecule has 3 aliphatic rings. The first kappa shape index (κ1) is 15.1. The largest absolute Gasteiger partial charge is 0.339 e. The van der Waals surface area contributed by atoms with E-state index in [1.165, 1.54) is 19.3 Å². The number of hydrogen-bond acceptors (Lipinski definition) is 5. The Hall–Kier alpha value is -2.18. The highest BCUT2D eigenvalue weighted by Crippen LogP contribution is 2.50. The lowest BCUT2D eigenvalue weighted by molar-refractivity contribution is 0.0764. The maximum absolute atomic E-state index is 12.9. The topological polar surface area (TPSA) is 77.1 Å². The number of nitrogens with zero attached hydrogens (tertiary/aromatic N) is 5. The first-order valence-electron chi connectivity index (χ1n) is 9.26. The maximum Gasteiger partial charge on any atom is 0.272 e. The molecule has 0 radical (unpaired) electrons. The number of carbonyl (C=O) groups excluding carboxylic acids is 1. The standard InChI is InChI=1S/C18H23N5O2/c1-22-14(6-8-19-22)16(24)23-10-13-3-2-7-18(13,11-23)17-20-15(21-25-17)9-12-4-5-12/h6,8,12-13H,2-5,7,9-11H2,1H3/t13-,18-/m1/s1. The van der Waals surface area contributed by atoms with Crippen LogP contribution in [0.4, 0.5) is 0 Å². The molecule has 0 aromatic carbocycles. The Kier molecular flexibility index (Phi) is 3.27. The second-order valence-corrected chi connectivity index (χ2v) is 7.93. The van der Waals surface area contributed by atoms with Crippen LogP contribution in [0.1, 0.15) is 54.3 Å². The van der Waals surface area contributed by atoms with E-state index in [4.69, 9.17) is 9.51 Å². The molecular weight excluding hydrogens is 318 g/mol. The highest BCUT2D eigenvalue weighted by Gasteiger charge is 2.55. The number of aromatic nitrogens is 4. The third-order valence-corrected chi connectivity index (χ3v) is 6.26. The summed E-state index contributed by atoms with van der Waals surface area (Å²) in [6.07, 6.45) is 8.48. The van der Waals surface area contributed by atoms with E-state index < -0.39 is 0 Å². The predicted molar refractivity (Wildman–Crippen MR) is 88.9 cm³/mol. The molecule has 25 heavy (non-hydrogen) atoms. The summed E-state index contributed by atoms with van der Waals surface area (Å²) in [5.74, 6) is 2.80. The zero-order chi connectivity index (χ0) is 17.0. The molecule has 0 bridgehead atoms. The van der Waals surface area contributed by atoms with Gasteiger partial charge in [-0.05, 0) is 43.6 Å². The molecule has 2 aromatic heterocycles. The van der Waals surface area contributed by atoms with Crippen molar-refractivity contribution in [1.82, 2.24) is 24.8 Å². The average Bonchev–Trinajstić information content (AvgIpc) is 2.99. The van der Waals surface area contributed by atoms with Crippen molar-refractivity contribution in [1.29, 1.82) is 0 Å². The Bertz CT molecular complexity index is 808. The van der Waals surface area contributed by atoms with E-state index in [9.17, 15) is 4.79 Å². The van der Waals surface area contributed by atoms with E-state index in [-0.39, 0.29) is 11.3 Å². The van der Waals surface area contributed by atoms with E-state index in [1.54, 1.807) is 16.9 Å². The van der Waals surface area contributed by atoms with Crippen LogP contribution in [-0.2, 0) is 18.9 Å². The second-order valence-electron chi connectivity index (χ2n) is 7.93. The molecule has 2 aliphatic carbocycles. The van der Waals surface area contributed by atoms with E-state index in [0.29, 0.717) is 18.2 Å². The van der Waals surface area contributed by atoms with Crippen molar-refractivity contribution in [3.63, 3.8) is 0 Å². The third kappa shape index (κ3) is 2.40. The van der Waals surface area contributed by atoms with Crippen LogP contribution in [0, 0.1) is 11.8 Å². The van der Waals surface area contributed by atoms with Gasteiger partial charge in [0.2, 0.25) is 5.89 Å². The highest BCUT2D eigenvalue weighted by atomic mass is 16.5. The Morgan fingerprint density at radius 2 is 2.28 bits per heavy atom. The minimum atomic E-state index is -0.150. The first-order chi connectivity index (χ1) is 12.2. The summed E-state index contributed by atoms with van der Waals surface area (Å²) in [7, 11) is 1.81. The fourth-order valence-corrected chi connectivity index (χ4v) is 4.66. The molecule has 0 spiro atoms. The Balaban J connectivity index is 1.41. The van der Waals surface area contributed by atoms with Gasteiger partial charge in [0.1, 0.15) is 5.69 Å². The van der Waals surface area contributed by atoms with Gasteiger partial charge in [-0.15, -0.1) is 0 Å². The number of rotatable bonds is 4. The van der Waals surface area contributed by atoms with Gasteiger partial charge in [-0.1, -0.05) is 11.6 Å². The number of aryl methyl sites for hydroxylation is 1. The molecule has 3 heterocycles. The molecule has 0 unspecified atom stereocenters. The summed E-state index contributed by atoms with van der Waals surface area (Å²) in [5, 5.41) is 8.35. The van der Waals surface area contributed by atoms with Crippen LogP contribution < -0.4 is 0 Å². The van der Waals surface area contributed by atoms with Crippen molar-refractivity contribution >= 4 is 5.91 Å². The fourth-order valence-electron chi connectivity index (χ4n) is 4.66. The van der Waals surface area contributed by atoms with E-state index in [2.05, 4.69) is 10.3 Å². The zero-order valence-electron chi connectivity index (χ0n) is 14.5. The van der Waals surface area contributed by atoms with Crippen molar-refractivity contribution in [3.05, 3.63) is 29.7 Å². The molecule has 2 atom stereocenters. The summed E-state index contributed by atoms with van der Waals surface area (Å²) in [6.45, 7) is 1.44. The van der Waals surface area contributed by atoms with Crippen molar-refractivity contribution < 1.29 is 9.32 Å². The monoisotopic (exact) mass is 341 g/mol. The number of carbonyl (C=O) groups is 1. The average molecular weight is 341 g/mol. The molecule has 7 nitrogen and oxygen atoms in total. The molecule has 132 valence electrons. The predicted octanol–water partition coefficient (Wildman–Crippen LogP) is 1.95. The summed E-state index contributed by atoms with van der Waals surface area (Å²) >= 11 is 0. The lowest BCUT2D eigenvalue weighted by atomic mass is 9.80. The van der Waals surface area contributed by atoms with Gasteiger partial charge >= 0.3 is 0 Å². The van der Waals surface area contributed by atoms with Crippen LogP contribution in [0.25, 0.3) is 0 Å². The Morgan fingerprint density at radius 1 is 1.40 bits per heavy atom. The Labute approximate surface area is 146 Å². The van der Waals surface area contributed by atoms with Crippen LogP contribution in [0.3, 0.4) is 0 Å². The Morgan fingerprint density at radius 3 is 3.04 bits per heavy atom. The molecule has 0 N–H and O–H groups in total. The van der Waals surface area contributed by atoms with Gasteiger partial charge < -0.3 is 9.42 Å². The van der Waals surface area contributed by atoms with E-state index in [1.807, 2.05) is 11.9 Å². The van der Waals surface area contributed by atoms with Crippen LogP contribution in [0.15, 0.2) is 16.8 Å². The number of hydrogen-bond donors (Lipinski definition) is 0. The van der Waals surface area contributed by atoms with E-state index >= 15 is 0 Å². The van der Waals surface area contributed by atoms with Gasteiger partial charge in [0.25, 0.3) is 5.91 Å². The quantitative estimate of drug-likeness (QED) is 0.849. The SMILES string of the molecule is Cn1nccc1C(=O)N1C[C@H]2CCC[C@@]2(c2nc(CC3CC3)no2)C1. The summed E-state index contributed by atoms with van der Waals surface area (Å²) in [5.41, 5.74) is 0.485. The molecule has 1 aliphatic heterocycles. The molecular formula is C18H23N5O2. The number of likely N-dealkylation sites (tertiary alicyclic amines) is 1. The second kappa shape index (κ2) is 5.41. The summed E-state index contributed by atoms with van der Waals surface area (Å²) in [6, 6.07) is 1.78. The lowest BCUT2D eigenvalue weighted by Gasteiger charge is -2.24. The van der Waals surface area contributed by atoms with Crippen LogP contribution in [0.2, 0.25) is 0 Å². The van der Waals surface area contributed by atoms with Crippen molar-refractivity contribution in [3.8, 4) is 0 Å². The highest BCUT2D eigenvalue weighted by molar-refractivity contribution is 5.92. The van der Waals surface area contributed by atoms with E-state index in [0.717, 1.165) is 43.4 Å². The van der Waals surface area contributed by atoms with Crippen molar-refractivity contribution in [2.75, 3.05) is 13.1 Å². The number of amides is 1. The maximum atomic E-state index is 12.9. The molecule has 1 amide bonds. The van der Waals surface area contributed by atoms with Gasteiger partial charge in [0.15, 0.2) is 5.82 Å². The molecule has 5 rings (SSSR count). The fraction of sp³-hybridized carbons (Fsp3) is 0.667. The first-order valence-corrected chi connectivity index (χ1v) is 9.26. The van der Waals surface area contributed by atoms with Gasteiger partial charge in [0.05, 0.1) is 5.41 Å². The van der Waals surface area contributed by atoms with Crippen LogP contribution in [0.5, 0.6) is 0 Å². The minimum Gasteiger partial charge on any atom is -0.339 e. The molecule has 2 saturated carbocycles. The van der Waals surface area contributed by atoms with Gasteiger partial charge in [-0.3, -0.25) is 9.48 Å². The lowest BCUT2D eigenvalue weighted by Crippen LogP contribution is -2.35. The normalized spacial score (nSPS) is 28.5. The van der Waals surface area contributed by atoms with Crippen molar-refractivity contribution in [2.24, 2.45) is 18.9 Å². The van der Waals surface area contributed by atoms with Crippen LogP contribution in [-0.4, -0.2) is 43.8 Å². The third-order valence-electron chi connectivity index (χ3n) is 6.26. The zero-order valence-corrected chi connectivity index (χ0v) is 14.5. The smallest absolute Gasteiger partial charge is 0.272 e. The summed E-state index contributed by atoms with van der Waals surface area (Å²) < 4.78 is 7.35. The van der Waals surface area contributed by atoms with Gasteiger partial charge in [-0.2, -0.15) is 10.1 Å². The molecule has 3 fully saturated rings. The molecule has 2 aromatic rings. The van der Waals surface area contributed by atoms with Crippen molar-refractivity contribution in [2.45, 2.75) is 43.9 Å². The van der Waals surface area contributed by atoms with Crippen LogP contribution >= 0.6 is 0 Å². The minimum absolute atomic E-state index is 0.0477. The number of fused-ring (bicyclic) bond motifs is 1.